The van der Waals surface area contributed by atoms with Crippen molar-refractivity contribution in [3.05, 3.63) is 42.0 Å². The van der Waals surface area contributed by atoms with Crippen LogP contribution in [-0.2, 0) is 11.2 Å². The second kappa shape index (κ2) is 8.51. The summed E-state index contributed by atoms with van der Waals surface area (Å²) in [7, 11) is 1.82. The van der Waals surface area contributed by atoms with Crippen molar-refractivity contribution >= 4 is 28.8 Å². The molecule has 148 valence electrons. The van der Waals surface area contributed by atoms with Crippen molar-refractivity contribution in [1.29, 1.82) is 0 Å². The summed E-state index contributed by atoms with van der Waals surface area (Å²) in [5, 5.41) is 11.1. The van der Waals surface area contributed by atoms with E-state index in [1.807, 2.05) is 25.2 Å². The molecule has 0 aliphatic carbocycles. The Kier molecular flexibility index (Phi) is 6.34. The fourth-order valence-electron chi connectivity index (χ4n) is 2.42. The fourth-order valence-corrected chi connectivity index (χ4v) is 2.42. The van der Waals surface area contributed by atoms with Gasteiger partial charge in [-0.15, -0.1) is 0 Å². The van der Waals surface area contributed by atoms with Gasteiger partial charge in [0.25, 0.3) is 0 Å². The van der Waals surface area contributed by atoms with Gasteiger partial charge in [-0.3, -0.25) is 0 Å². The van der Waals surface area contributed by atoms with Crippen LogP contribution in [0.1, 0.15) is 12.5 Å². The zero-order chi connectivity index (χ0) is 20.9. The smallest absolute Gasteiger partial charge is 0.475 e. The molecule has 0 saturated carbocycles. The van der Waals surface area contributed by atoms with E-state index in [1.54, 1.807) is 0 Å². The second-order valence-electron chi connectivity index (χ2n) is 5.57. The summed E-state index contributed by atoms with van der Waals surface area (Å²) in [5.41, 5.74) is 9.57. The molecule has 10 heteroatoms. The Morgan fingerprint density at radius 2 is 1.79 bits per heavy atom. The second-order valence-corrected chi connectivity index (χ2v) is 5.57. The van der Waals surface area contributed by atoms with E-state index in [1.165, 1.54) is 5.56 Å². The van der Waals surface area contributed by atoms with E-state index in [-0.39, 0.29) is 5.95 Å². The number of rotatable bonds is 3. The minimum absolute atomic E-state index is 0.225. The van der Waals surface area contributed by atoms with E-state index in [4.69, 9.17) is 20.6 Å². The number of aliphatic carboxylic acids is 1. The number of benzene rings is 1. The minimum atomic E-state index is -5.08. The Hall–Kier alpha value is -3.43. The van der Waals surface area contributed by atoms with Crippen LogP contribution in [0, 0.1) is 0 Å². The molecule has 7 nitrogen and oxygen atoms in total. The van der Waals surface area contributed by atoms with Crippen molar-refractivity contribution in [2.75, 3.05) is 18.1 Å². The van der Waals surface area contributed by atoms with Crippen LogP contribution in [0.3, 0.4) is 0 Å². The Labute approximate surface area is 158 Å². The van der Waals surface area contributed by atoms with Crippen molar-refractivity contribution in [2.45, 2.75) is 19.5 Å². The molecule has 0 aliphatic rings. The van der Waals surface area contributed by atoms with E-state index in [2.05, 4.69) is 40.4 Å². The lowest BCUT2D eigenvalue weighted by molar-refractivity contribution is -0.192. The lowest BCUT2D eigenvalue weighted by Crippen LogP contribution is -2.21. The molecule has 0 atom stereocenters. The number of nitrogens with one attached hydrogen (secondary N) is 1. The molecule has 28 heavy (non-hydrogen) atoms. The highest BCUT2D eigenvalue weighted by molar-refractivity contribution is 5.90. The van der Waals surface area contributed by atoms with Gasteiger partial charge in [0, 0.05) is 12.6 Å². The predicted octanol–water partition coefficient (Wildman–Crippen LogP) is 3.51. The topological polar surface area (TPSA) is 114 Å². The monoisotopic (exact) mass is 393 g/mol. The van der Waals surface area contributed by atoms with Crippen LogP contribution >= 0.6 is 0 Å². The number of pyridine rings is 1. The van der Waals surface area contributed by atoms with Gasteiger partial charge in [-0.2, -0.15) is 23.1 Å². The molecule has 3 rings (SSSR count). The molecule has 0 aliphatic heterocycles. The molecule has 0 bridgehead atoms. The number of anilines is 2. The van der Waals surface area contributed by atoms with Gasteiger partial charge in [0.05, 0.1) is 11.1 Å². The van der Waals surface area contributed by atoms with Crippen molar-refractivity contribution in [2.24, 2.45) is 0 Å². The van der Waals surface area contributed by atoms with E-state index in [0.717, 1.165) is 23.1 Å². The molecule has 1 aromatic carbocycles. The van der Waals surface area contributed by atoms with Crippen molar-refractivity contribution in [3.63, 3.8) is 0 Å². The largest absolute Gasteiger partial charge is 0.490 e. The summed E-state index contributed by atoms with van der Waals surface area (Å²) in [6.07, 6.45) is -4.19. The van der Waals surface area contributed by atoms with Crippen molar-refractivity contribution in [3.8, 4) is 11.3 Å². The Morgan fingerprint density at radius 3 is 2.29 bits per heavy atom. The first kappa shape index (κ1) is 20.9. The molecule has 4 N–H and O–H groups in total. The number of nitrogens with zero attached hydrogens (tertiary/aromatic N) is 3. The minimum Gasteiger partial charge on any atom is -0.475 e. The first-order chi connectivity index (χ1) is 13.2. The summed E-state index contributed by atoms with van der Waals surface area (Å²) < 4.78 is 31.7. The van der Waals surface area contributed by atoms with E-state index in [9.17, 15) is 13.2 Å². The third-order valence-electron chi connectivity index (χ3n) is 3.69. The Morgan fingerprint density at radius 1 is 1.18 bits per heavy atom. The number of carboxylic acids is 1. The normalized spacial score (nSPS) is 10.9. The van der Waals surface area contributed by atoms with Gasteiger partial charge in [-0.25, -0.2) is 9.78 Å². The number of aromatic nitrogens is 3. The van der Waals surface area contributed by atoms with Crippen molar-refractivity contribution < 1.29 is 23.1 Å². The van der Waals surface area contributed by atoms with Crippen LogP contribution in [-0.4, -0.2) is 39.3 Å². The van der Waals surface area contributed by atoms with Gasteiger partial charge in [-0.1, -0.05) is 37.3 Å². The van der Waals surface area contributed by atoms with Gasteiger partial charge in [0.2, 0.25) is 5.95 Å². The number of aryl methyl sites for hydroxylation is 1. The average Bonchev–Trinajstić information content (AvgIpc) is 2.66. The van der Waals surface area contributed by atoms with Crippen LogP contribution in [0.2, 0.25) is 0 Å². The zero-order valence-electron chi connectivity index (χ0n) is 15.1. The number of carboxylic acid groups (broad SMARTS) is 1. The number of hydrogen-bond acceptors (Lipinski definition) is 6. The molecule has 0 spiro atoms. The summed E-state index contributed by atoms with van der Waals surface area (Å²) in [5.74, 6) is -1.82. The summed E-state index contributed by atoms with van der Waals surface area (Å²) in [6.45, 7) is 2.12. The lowest BCUT2D eigenvalue weighted by Gasteiger charge is -2.11. The molecular weight excluding hydrogens is 375 g/mol. The van der Waals surface area contributed by atoms with E-state index < -0.39 is 12.1 Å². The maximum Gasteiger partial charge on any atom is 0.490 e. The molecule has 0 radical (unpaired) electrons. The Bertz CT molecular complexity index is 978. The highest BCUT2D eigenvalue weighted by atomic mass is 19.4. The molecule has 0 unspecified atom stereocenters. The van der Waals surface area contributed by atoms with Crippen molar-refractivity contribution in [1.82, 2.24) is 15.0 Å². The fraction of sp³-hybridized carbons (Fsp3) is 0.222. The maximum atomic E-state index is 10.6. The highest BCUT2D eigenvalue weighted by Crippen LogP contribution is 2.28. The highest BCUT2D eigenvalue weighted by Gasteiger charge is 2.38. The number of halogens is 3. The van der Waals surface area contributed by atoms with Gasteiger partial charge < -0.3 is 16.2 Å². The summed E-state index contributed by atoms with van der Waals surface area (Å²) >= 11 is 0. The molecule has 2 aromatic heterocycles. The Balaban J connectivity index is 0.000000345. The molecule has 2 heterocycles. The third kappa shape index (κ3) is 4.84. The molecule has 0 amide bonds. The standard InChI is InChI=1S/C16H17N5.C2HF3O2/c1-3-10-9-12-14(18-2)20-16(17)21-15(12)19-13(10)11-7-5-4-6-8-11;3-2(4,5)1(6)7/h4-9H,3H2,1-2H3,(H3,17,18,19,20,21);(H,6,7). The molecule has 0 saturated heterocycles. The third-order valence-corrected chi connectivity index (χ3v) is 3.69. The maximum absolute atomic E-state index is 10.6. The van der Waals surface area contributed by atoms with Crippen LogP contribution in [0.25, 0.3) is 22.3 Å². The van der Waals surface area contributed by atoms with Crippen LogP contribution in [0.15, 0.2) is 36.4 Å². The van der Waals surface area contributed by atoms with Crippen LogP contribution in [0.4, 0.5) is 24.9 Å². The van der Waals surface area contributed by atoms with Gasteiger partial charge >= 0.3 is 12.1 Å². The van der Waals surface area contributed by atoms with Gasteiger partial charge in [0.1, 0.15) is 5.82 Å². The molecule has 3 aromatic rings. The SMILES string of the molecule is CCc1cc2c(NC)nc(N)nc2nc1-c1ccccc1.O=C(O)C(F)(F)F. The van der Waals surface area contributed by atoms with Gasteiger partial charge in [-0.05, 0) is 18.1 Å². The predicted molar refractivity (Wildman–Crippen MR) is 99.8 cm³/mol. The molecular formula is C18H18F3N5O2. The number of carbonyl (C=O) groups is 1. The van der Waals surface area contributed by atoms with E-state index in [0.29, 0.717) is 11.5 Å². The lowest BCUT2D eigenvalue weighted by atomic mass is 10.0. The average molecular weight is 393 g/mol. The first-order valence-corrected chi connectivity index (χ1v) is 8.17. The summed E-state index contributed by atoms with van der Waals surface area (Å²) in [6, 6.07) is 12.2. The number of nitrogen functional groups attached to an aromatic ring is 1. The number of alkyl halides is 3. The van der Waals surface area contributed by atoms with Crippen LogP contribution in [0.5, 0.6) is 0 Å². The quantitative estimate of drug-likeness (QED) is 0.624. The van der Waals surface area contributed by atoms with Gasteiger partial charge in [0.15, 0.2) is 5.65 Å². The van der Waals surface area contributed by atoms with Crippen LogP contribution < -0.4 is 11.1 Å². The summed E-state index contributed by atoms with van der Waals surface area (Å²) in [4.78, 5) is 22.1. The number of nitrogens with two attached hydrogens (primary N) is 1. The molecule has 0 fully saturated rings. The number of hydrogen-bond donors (Lipinski definition) is 3. The first-order valence-electron chi connectivity index (χ1n) is 8.17. The zero-order valence-corrected chi connectivity index (χ0v) is 15.1. The number of fused-ring (bicyclic) bond motifs is 1. The van der Waals surface area contributed by atoms with E-state index >= 15 is 0 Å².